The van der Waals surface area contributed by atoms with E-state index in [9.17, 15) is 0 Å². The van der Waals surface area contributed by atoms with Gasteiger partial charge in [-0.3, -0.25) is 0 Å². The fourth-order valence-electron chi connectivity index (χ4n) is 2.65. The lowest BCUT2D eigenvalue weighted by Crippen LogP contribution is -2.19. The van der Waals surface area contributed by atoms with Crippen LogP contribution in [0.5, 0.6) is 5.75 Å². The van der Waals surface area contributed by atoms with Gasteiger partial charge in [0, 0.05) is 0 Å². The van der Waals surface area contributed by atoms with Crippen LogP contribution in [0.25, 0.3) is 11.0 Å². The minimum Gasteiger partial charge on any atom is -0.486 e. The molecule has 124 valence electrons. The molecule has 0 atom stereocenters. The molecular weight excluding hydrogens is 318 g/mol. The number of ether oxygens (including phenoxy) is 1. The minimum atomic E-state index is 0.373. The molecule has 5 heteroatoms. The lowest BCUT2D eigenvalue weighted by Gasteiger charge is -2.10. The summed E-state index contributed by atoms with van der Waals surface area (Å²) in [5.74, 6) is 1.64. The van der Waals surface area contributed by atoms with Crippen molar-refractivity contribution >= 4 is 28.2 Å². The molecular formula is C19H21N3OS. The molecule has 0 aliphatic carbocycles. The number of aromatic nitrogens is 2. The van der Waals surface area contributed by atoms with Crippen molar-refractivity contribution in [2.45, 2.75) is 33.9 Å². The molecule has 1 aromatic heterocycles. The van der Waals surface area contributed by atoms with Crippen molar-refractivity contribution in [1.29, 1.82) is 0 Å². The number of nitrogens with two attached hydrogens (primary N) is 1. The fraction of sp³-hybridized carbons (Fsp3) is 0.263. The predicted molar refractivity (Wildman–Crippen MR) is 102 cm³/mol. The SMILES string of the molecule is Cc1ccc(OCc2nc3cc(C)c(C)cc3n2CC(N)=S)cc1. The summed E-state index contributed by atoms with van der Waals surface area (Å²) in [5.41, 5.74) is 11.4. The van der Waals surface area contributed by atoms with Gasteiger partial charge in [0.25, 0.3) is 0 Å². The Bertz CT molecular complexity index is 897. The summed E-state index contributed by atoms with van der Waals surface area (Å²) in [6, 6.07) is 12.2. The molecule has 1 heterocycles. The average molecular weight is 339 g/mol. The highest BCUT2D eigenvalue weighted by atomic mass is 32.1. The summed E-state index contributed by atoms with van der Waals surface area (Å²) in [6.45, 7) is 7.06. The first kappa shape index (κ1) is 16.5. The Morgan fingerprint density at radius 1 is 1.12 bits per heavy atom. The molecule has 0 amide bonds. The van der Waals surface area contributed by atoms with E-state index in [-0.39, 0.29) is 0 Å². The molecule has 24 heavy (non-hydrogen) atoms. The first-order valence-corrected chi connectivity index (χ1v) is 8.29. The van der Waals surface area contributed by atoms with Gasteiger partial charge >= 0.3 is 0 Å². The van der Waals surface area contributed by atoms with Crippen LogP contribution in [0.2, 0.25) is 0 Å². The summed E-state index contributed by atoms with van der Waals surface area (Å²) >= 11 is 5.11. The van der Waals surface area contributed by atoms with E-state index in [1.807, 2.05) is 28.8 Å². The first-order valence-electron chi connectivity index (χ1n) is 7.88. The van der Waals surface area contributed by atoms with E-state index in [1.54, 1.807) is 0 Å². The minimum absolute atomic E-state index is 0.373. The van der Waals surface area contributed by atoms with Crippen LogP contribution < -0.4 is 10.5 Å². The van der Waals surface area contributed by atoms with E-state index in [0.717, 1.165) is 22.6 Å². The third-order valence-electron chi connectivity index (χ3n) is 4.15. The van der Waals surface area contributed by atoms with E-state index in [0.29, 0.717) is 18.1 Å². The van der Waals surface area contributed by atoms with Crippen LogP contribution in [-0.4, -0.2) is 14.5 Å². The van der Waals surface area contributed by atoms with Gasteiger partial charge in [0.05, 0.1) is 22.6 Å². The van der Waals surface area contributed by atoms with Gasteiger partial charge in [-0.05, 0) is 56.2 Å². The average Bonchev–Trinajstić information content (AvgIpc) is 2.84. The van der Waals surface area contributed by atoms with Gasteiger partial charge in [-0.2, -0.15) is 0 Å². The van der Waals surface area contributed by atoms with Gasteiger partial charge in [0.1, 0.15) is 18.2 Å². The Morgan fingerprint density at radius 2 is 1.79 bits per heavy atom. The molecule has 0 fully saturated rings. The molecule has 4 nitrogen and oxygen atoms in total. The second kappa shape index (κ2) is 6.61. The smallest absolute Gasteiger partial charge is 0.148 e. The van der Waals surface area contributed by atoms with Gasteiger partial charge < -0.3 is 15.0 Å². The zero-order chi connectivity index (χ0) is 17.3. The normalized spacial score (nSPS) is 11.0. The first-order chi connectivity index (χ1) is 11.4. The maximum atomic E-state index is 5.89. The second-order valence-corrected chi connectivity index (χ2v) is 6.63. The molecule has 0 bridgehead atoms. The third kappa shape index (κ3) is 3.41. The molecule has 0 saturated carbocycles. The van der Waals surface area contributed by atoms with Crippen LogP contribution >= 0.6 is 12.2 Å². The van der Waals surface area contributed by atoms with Crippen LogP contribution in [0.15, 0.2) is 36.4 Å². The van der Waals surface area contributed by atoms with Gasteiger partial charge in [-0.15, -0.1) is 0 Å². The number of benzene rings is 2. The lowest BCUT2D eigenvalue weighted by molar-refractivity contribution is 0.292. The van der Waals surface area contributed by atoms with Crippen molar-refractivity contribution in [3.63, 3.8) is 0 Å². The second-order valence-electron chi connectivity index (χ2n) is 6.11. The van der Waals surface area contributed by atoms with Crippen LogP contribution in [0.1, 0.15) is 22.5 Å². The summed E-state index contributed by atoms with van der Waals surface area (Å²) in [7, 11) is 0. The van der Waals surface area contributed by atoms with Crippen LogP contribution in [0, 0.1) is 20.8 Å². The number of hydrogen-bond acceptors (Lipinski definition) is 3. The predicted octanol–water partition coefficient (Wildman–Crippen LogP) is 3.83. The van der Waals surface area contributed by atoms with Crippen molar-refractivity contribution < 1.29 is 4.74 Å². The van der Waals surface area contributed by atoms with Crippen molar-refractivity contribution in [2.75, 3.05) is 0 Å². The number of aryl methyl sites for hydroxylation is 3. The molecule has 2 aromatic carbocycles. The highest BCUT2D eigenvalue weighted by molar-refractivity contribution is 7.80. The van der Waals surface area contributed by atoms with Crippen molar-refractivity contribution in [3.05, 3.63) is 58.9 Å². The summed E-state index contributed by atoms with van der Waals surface area (Å²) in [5, 5.41) is 0. The standard InChI is InChI=1S/C19H21N3OS/c1-12-4-6-15(7-5-12)23-11-19-21-16-8-13(2)14(3)9-17(16)22(19)10-18(20)24/h4-9H,10-11H2,1-3H3,(H2,20,24). The van der Waals surface area contributed by atoms with Crippen LogP contribution in [0.3, 0.4) is 0 Å². The molecule has 3 rings (SSSR count). The Hall–Kier alpha value is -2.40. The summed E-state index contributed by atoms with van der Waals surface area (Å²) < 4.78 is 7.93. The molecule has 0 saturated heterocycles. The number of rotatable bonds is 5. The van der Waals surface area contributed by atoms with Crippen LogP contribution in [-0.2, 0) is 13.2 Å². The molecule has 0 spiro atoms. The summed E-state index contributed by atoms with van der Waals surface area (Å²) in [6.07, 6.45) is 0. The fourth-order valence-corrected chi connectivity index (χ4v) is 2.78. The molecule has 0 aliphatic heterocycles. The van der Waals surface area contributed by atoms with Gasteiger partial charge in [-0.25, -0.2) is 4.98 Å². The number of fused-ring (bicyclic) bond motifs is 1. The van der Waals surface area contributed by atoms with E-state index in [4.69, 9.17) is 27.7 Å². The quantitative estimate of drug-likeness (QED) is 0.718. The topological polar surface area (TPSA) is 53.1 Å². The Balaban J connectivity index is 1.96. The highest BCUT2D eigenvalue weighted by Gasteiger charge is 2.13. The largest absolute Gasteiger partial charge is 0.486 e. The maximum Gasteiger partial charge on any atom is 0.148 e. The van der Waals surface area contributed by atoms with E-state index < -0.39 is 0 Å². The van der Waals surface area contributed by atoms with Gasteiger partial charge in [0.15, 0.2) is 0 Å². The Kier molecular flexibility index (Phi) is 4.53. The number of hydrogen-bond donors (Lipinski definition) is 1. The third-order valence-corrected chi connectivity index (χ3v) is 4.27. The molecule has 2 N–H and O–H groups in total. The number of imidazole rings is 1. The highest BCUT2D eigenvalue weighted by Crippen LogP contribution is 2.22. The van der Waals surface area contributed by atoms with Crippen molar-refractivity contribution in [2.24, 2.45) is 5.73 Å². The van der Waals surface area contributed by atoms with E-state index in [2.05, 4.69) is 32.9 Å². The van der Waals surface area contributed by atoms with Crippen molar-refractivity contribution in [1.82, 2.24) is 9.55 Å². The monoisotopic (exact) mass is 339 g/mol. The van der Waals surface area contributed by atoms with Crippen LogP contribution in [0.4, 0.5) is 0 Å². The van der Waals surface area contributed by atoms with E-state index >= 15 is 0 Å². The van der Waals surface area contributed by atoms with E-state index in [1.165, 1.54) is 16.7 Å². The lowest BCUT2D eigenvalue weighted by atomic mass is 10.1. The van der Waals surface area contributed by atoms with Gasteiger partial charge in [-0.1, -0.05) is 29.9 Å². The van der Waals surface area contributed by atoms with Gasteiger partial charge in [0.2, 0.25) is 0 Å². The Morgan fingerprint density at radius 3 is 2.46 bits per heavy atom. The number of thiocarbonyl (C=S) groups is 1. The molecule has 0 aliphatic rings. The maximum absolute atomic E-state index is 5.89. The number of nitrogens with zero attached hydrogens (tertiary/aromatic N) is 2. The summed E-state index contributed by atoms with van der Waals surface area (Å²) in [4.78, 5) is 5.16. The zero-order valence-corrected chi connectivity index (χ0v) is 15.0. The molecule has 0 radical (unpaired) electrons. The van der Waals surface area contributed by atoms with Crippen molar-refractivity contribution in [3.8, 4) is 5.75 Å². The molecule has 3 aromatic rings. The zero-order valence-electron chi connectivity index (χ0n) is 14.2. The molecule has 0 unspecified atom stereocenters. The Labute approximate surface area is 147 Å².